The van der Waals surface area contributed by atoms with E-state index in [4.69, 9.17) is 5.73 Å². The number of nitrogens with two attached hydrogens (primary N) is 1. The monoisotopic (exact) mass is 306 g/mol. The van der Waals surface area contributed by atoms with Crippen molar-refractivity contribution < 1.29 is 8.42 Å². The maximum absolute atomic E-state index is 12.0. The normalized spacial score (nSPS) is 15.1. The number of hydrogen-bond donors (Lipinski definition) is 2. The molecule has 0 unspecified atom stereocenters. The maximum atomic E-state index is 12.0. The van der Waals surface area contributed by atoms with E-state index in [0.29, 0.717) is 11.9 Å². The van der Waals surface area contributed by atoms with E-state index in [0.717, 1.165) is 30.3 Å². The van der Waals surface area contributed by atoms with Crippen LogP contribution in [0.3, 0.4) is 0 Å². The summed E-state index contributed by atoms with van der Waals surface area (Å²) in [6.45, 7) is 1.98. The number of nitrogens with zero attached hydrogens (tertiary/aromatic N) is 2. The predicted octanol–water partition coefficient (Wildman–Crippen LogP) is 1.74. The van der Waals surface area contributed by atoms with Gasteiger partial charge in [0.2, 0.25) is 0 Å². The van der Waals surface area contributed by atoms with E-state index in [1.165, 1.54) is 4.68 Å². The molecule has 21 heavy (non-hydrogen) atoms. The summed E-state index contributed by atoms with van der Waals surface area (Å²) in [6, 6.07) is 7.90. The van der Waals surface area contributed by atoms with Crippen LogP contribution in [0, 0.1) is 6.92 Å². The van der Waals surface area contributed by atoms with Crippen LogP contribution in [0.4, 0.5) is 11.6 Å². The van der Waals surface area contributed by atoms with Crippen molar-refractivity contribution in [3.8, 4) is 5.69 Å². The van der Waals surface area contributed by atoms with Crippen molar-refractivity contribution in [1.29, 1.82) is 0 Å². The molecule has 1 fully saturated rings. The van der Waals surface area contributed by atoms with E-state index < -0.39 is 9.84 Å². The van der Waals surface area contributed by atoms with Crippen molar-refractivity contribution in [2.24, 2.45) is 0 Å². The van der Waals surface area contributed by atoms with E-state index in [-0.39, 0.29) is 10.7 Å². The third kappa shape index (κ3) is 2.73. The van der Waals surface area contributed by atoms with Gasteiger partial charge in [0.05, 0.1) is 5.69 Å². The van der Waals surface area contributed by atoms with Crippen LogP contribution < -0.4 is 11.1 Å². The smallest absolute Gasteiger partial charge is 0.182 e. The van der Waals surface area contributed by atoms with Gasteiger partial charge in [-0.3, -0.25) is 0 Å². The fraction of sp³-hybridized carbons (Fsp3) is 0.357. The van der Waals surface area contributed by atoms with Gasteiger partial charge in [-0.15, -0.1) is 5.10 Å². The molecule has 1 aliphatic rings. The first kappa shape index (κ1) is 13.9. The molecule has 0 bridgehead atoms. The molecule has 2 aromatic rings. The van der Waals surface area contributed by atoms with Crippen molar-refractivity contribution in [1.82, 2.24) is 9.78 Å². The lowest BCUT2D eigenvalue weighted by molar-refractivity contribution is 0.602. The largest absolute Gasteiger partial charge is 0.382 e. The molecule has 0 radical (unpaired) electrons. The number of rotatable bonds is 4. The minimum Gasteiger partial charge on any atom is -0.382 e. The second-order valence-corrected chi connectivity index (χ2v) is 7.45. The SMILES string of the molecule is Cc1ccc(-n2nc(NC3CC3)c(S(C)(=O)=O)c2N)cc1. The van der Waals surface area contributed by atoms with Gasteiger partial charge >= 0.3 is 0 Å². The molecule has 112 valence electrons. The molecule has 1 heterocycles. The summed E-state index contributed by atoms with van der Waals surface area (Å²) < 4.78 is 25.5. The molecule has 1 aliphatic carbocycles. The lowest BCUT2D eigenvalue weighted by Gasteiger charge is -2.04. The summed E-state index contributed by atoms with van der Waals surface area (Å²) in [5, 5.41) is 7.50. The van der Waals surface area contributed by atoms with Gasteiger partial charge in [-0.2, -0.15) is 0 Å². The van der Waals surface area contributed by atoms with Crippen molar-refractivity contribution >= 4 is 21.5 Å². The lowest BCUT2D eigenvalue weighted by atomic mass is 10.2. The van der Waals surface area contributed by atoms with E-state index >= 15 is 0 Å². The van der Waals surface area contributed by atoms with Crippen molar-refractivity contribution in [3.63, 3.8) is 0 Å². The van der Waals surface area contributed by atoms with Gasteiger partial charge in [-0.05, 0) is 31.9 Å². The quantitative estimate of drug-likeness (QED) is 0.898. The number of aryl methyl sites for hydroxylation is 1. The summed E-state index contributed by atoms with van der Waals surface area (Å²) in [5.74, 6) is 0.488. The lowest BCUT2D eigenvalue weighted by Crippen LogP contribution is -2.08. The first-order valence-electron chi connectivity index (χ1n) is 6.78. The van der Waals surface area contributed by atoms with Crippen LogP contribution in [0.1, 0.15) is 18.4 Å². The maximum Gasteiger partial charge on any atom is 0.182 e. The zero-order valence-electron chi connectivity index (χ0n) is 12.0. The van der Waals surface area contributed by atoms with Crippen LogP contribution in [-0.4, -0.2) is 30.5 Å². The summed E-state index contributed by atoms with van der Waals surface area (Å²) in [6.07, 6.45) is 3.21. The Labute approximate surface area is 123 Å². The fourth-order valence-electron chi connectivity index (χ4n) is 2.18. The minimum atomic E-state index is -3.45. The van der Waals surface area contributed by atoms with E-state index in [9.17, 15) is 8.42 Å². The Balaban J connectivity index is 2.13. The Bertz CT molecular complexity index is 774. The molecule has 7 heteroatoms. The molecule has 1 aromatic carbocycles. The standard InChI is InChI=1S/C14H18N4O2S/c1-9-3-7-11(8-4-9)18-13(15)12(21(2,19)20)14(17-18)16-10-5-6-10/h3-4,7-8,10H,5-6,15H2,1-2H3,(H,16,17). The number of benzene rings is 1. The first-order chi connectivity index (χ1) is 9.86. The van der Waals surface area contributed by atoms with E-state index in [1.54, 1.807) is 0 Å². The van der Waals surface area contributed by atoms with Gasteiger partial charge in [0, 0.05) is 12.3 Å². The molecule has 0 saturated heterocycles. The number of nitrogen functional groups attached to an aromatic ring is 1. The van der Waals surface area contributed by atoms with Gasteiger partial charge in [-0.1, -0.05) is 17.7 Å². The van der Waals surface area contributed by atoms with Crippen LogP contribution in [0.15, 0.2) is 29.2 Å². The summed E-state index contributed by atoms with van der Waals surface area (Å²) >= 11 is 0. The highest BCUT2D eigenvalue weighted by molar-refractivity contribution is 7.91. The van der Waals surface area contributed by atoms with Gasteiger partial charge in [0.25, 0.3) is 0 Å². The van der Waals surface area contributed by atoms with Crippen molar-refractivity contribution in [2.45, 2.75) is 30.7 Å². The van der Waals surface area contributed by atoms with E-state index in [1.807, 2.05) is 31.2 Å². The Morgan fingerprint density at radius 3 is 2.43 bits per heavy atom. The molecule has 0 spiro atoms. The molecule has 1 aromatic heterocycles. The average Bonchev–Trinajstić information content (AvgIpc) is 3.12. The number of sulfone groups is 1. The number of nitrogens with one attached hydrogen (secondary N) is 1. The Hall–Kier alpha value is -2.02. The summed E-state index contributed by atoms with van der Waals surface area (Å²) in [7, 11) is -3.45. The van der Waals surface area contributed by atoms with Crippen molar-refractivity contribution in [2.75, 3.05) is 17.3 Å². The zero-order chi connectivity index (χ0) is 15.2. The van der Waals surface area contributed by atoms with Gasteiger partial charge in [0.1, 0.15) is 5.82 Å². The molecule has 0 amide bonds. The first-order valence-corrected chi connectivity index (χ1v) is 8.67. The zero-order valence-corrected chi connectivity index (χ0v) is 12.8. The van der Waals surface area contributed by atoms with Gasteiger partial charge in [0.15, 0.2) is 20.6 Å². The topological polar surface area (TPSA) is 90.0 Å². The highest BCUT2D eigenvalue weighted by Crippen LogP contribution is 2.33. The average molecular weight is 306 g/mol. The molecular formula is C14H18N4O2S. The highest BCUT2D eigenvalue weighted by atomic mass is 32.2. The Kier molecular flexibility index (Phi) is 3.16. The fourth-order valence-corrected chi connectivity index (χ4v) is 3.10. The molecule has 3 rings (SSSR count). The predicted molar refractivity (Wildman–Crippen MR) is 82.5 cm³/mol. The number of anilines is 2. The molecule has 6 nitrogen and oxygen atoms in total. The third-order valence-electron chi connectivity index (χ3n) is 3.44. The second kappa shape index (κ2) is 4.77. The third-order valence-corrected chi connectivity index (χ3v) is 4.59. The number of aromatic nitrogens is 2. The Morgan fingerprint density at radius 2 is 1.90 bits per heavy atom. The second-order valence-electron chi connectivity index (χ2n) is 5.50. The molecular weight excluding hydrogens is 288 g/mol. The van der Waals surface area contributed by atoms with E-state index in [2.05, 4.69) is 10.4 Å². The van der Waals surface area contributed by atoms with Crippen LogP contribution in [0.25, 0.3) is 5.69 Å². The van der Waals surface area contributed by atoms with Crippen molar-refractivity contribution in [3.05, 3.63) is 29.8 Å². The van der Waals surface area contributed by atoms with Crippen LogP contribution in [0.5, 0.6) is 0 Å². The Morgan fingerprint density at radius 1 is 1.29 bits per heavy atom. The van der Waals surface area contributed by atoms with Crippen LogP contribution in [-0.2, 0) is 9.84 Å². The molecule has 0 atom stereocenters. The number of hydrogen-bond acceptors (Lipinski definition) is 5. The highest BCUT2D eigenvalue weighted by Gasteiger charge is 2.29. The minimum absolute atomic E-state index is 0.0787. The summed E-state index contributed by atoms with van der Waals surface area (Å²) in [4.78, 5) is 0.0787. The van der Waals surface area contributed by atoms with Gasteiger partial charge < -0.3 is 11.1 Å². The van der Waals surface area contributed by atoms with Gasteiger partial charge in [-0.25, -0.2) is 13.1 Å². The molecule has 1 saturated carbocycles. The molecule has 0 aliphatic heterocycles. The molecule has 3 N–H and O–H groups in total. The van der Waals surface area contributed by atoms with Crippen LogP contribution in [0.2, 0.25) is 0 Å². The van der Waals surface area contributed by atoms with Crippen LogP contribution >= 0.6 is 0 Å². The summed E-state index contributed by atoms with van der Waals surface area (Å²) in [5.41, 5.74) is 7.90.